The first kappa shape index (κ1) is 23.4. The maximum absolute atomic E-state index is 14.0. The Morgan fingerprint density at radius 2 is 1.76 bits per heavy atom. The van der Waals surface area contributed by atoms with Crippen LogP contribution in [-0.4, -0.2) is 21.8 Å². The van der Waals surface area contributed by atoms with Crippen molar-refractivity contribution < 1.29 is 18.3 Å². The van der Waals surface area contributed by atoms with Gasteiger partial charge in [0.25, 0.3) is 5.91 Å². The number of ether oxygens (including phenoxy) is 1. The molecule has 0 aliphatic heterocycles. The first-order valence-electron chi connectivity index (χ1n) is 10.9. The van der Waals surface area contributed by atoms with E-state index in [4.69, 9.17) is 10.5 Å². The lowest BCUT2D eigenvalue weighted by Crippen LogP contribution is -2.34. The molecule has 4 rings (SSSR count). The number of rotatable bonds is 7. The predicted octanol–water partition coefficient (Wildman–Crippen LogP) is 4.55. The van der Waals surface area contributed by atoms with Gasteiger partial charge in [0.05, 0.1) is 17.3 Å². The highest BCUT2D eigenvalue weighted by molar-refractivity contribution is 5.95. The molecule has 0 saturated carbocycles. The van der Waals surface area contributed by atoms with E-state index >= 15 is 0 Å². The second kappa shape index (κ2) is 9.61. The maximum Gasteiger partial charge on any atom is 0.270 e. The highest BCUT2D eigenvalue weighted by atomic mass is 19.1. The number of nitrogens with zero attached hydrogens (tertiary/aromatic N) is 2. The van der Waals surface area contributed by atoms with Gasteiger partial charge < -0.3 is 15.8 Å². The molecular weight excluding hydrogens is 438 g/mol. The van der Waals surface area contributed by atoms with Gasteiger partial charge in [0.1, 0.15) is 23.9 Å². The molecule has 8 heteroatoms. The van der Waals surface area contributed by atoms with Crippen molar-refractivity contribution in [1.82, 2.24) is 14.7 Å². The Balaban J connectivity index is 1.65. The van der Waals surface area contributed by atoms with Gasteiger partial charge in [-0.25, -0.2) is 13.8 Å². The quantitative estimate of drug-likeness (QED) is 0.421. The number of hydrogen-bond acceptors (Lipinski definition) is 4. The van der Waals surface area contributed by atoms with E-state index in [1.54, 1.807) is 23.6 Å². The number of hydrogen-bond donors (Lipinski definition) is 2. The molecule has 4 aromatic rings. The van der Waals surface area contributed by atoms with E-state index < -0.39 is 11.6 Å². The van der Waals surface area contributed by atoms with Gasteiger partial charge in [0, 0.05) is 12.7 Å². The van der Waals surface area contributed by atoms with Crippen molar-refractivity contribution in [2.45, 2.75) is 33.4 Å². The second-order valence-corrected chi connectivity index (χ2v) is 8.28. The minimum Gasteiger partial charge on any atom is -0.485 e. The first-order valence-corrected chi connectivity index (χ1v) is 10.9. The summed E-state index contributed by atoms with van der Waals surface area (Å²) in [5.74, 6) is -1.39. The smallest absolute Gasteiger partial charge is 0.270 e. The van der Waals surface area contributed by atoms with Gasteiger partial charge >= 0.3 is 0 Å². The maximum atomic E-state index is 14.0. The Hall–Kier alpha value is -3.78. The van der Waals surface area contributed by atoms with Crippen molar-refractivity contribution in [1.29, 1.82) is 0 Å². The monoisotopic (exact) mass is 464 g/mol. The van der Waals surface area contributed by atoms with Crippen LogP contribution in [0.3, 0.4) is 0 Å². The normalized spacial score (nSPS) is 12.1. The zero-order valence-corrected chi connectivity index (χ0v) is 19.2. The molecule has 2 heterocycles. The molecule has 2 aromatic heterocycles. The van der Waals surface area contributed by atoms with Gasteiger partial charge in [-0.15, -0.1) is 0 Å². The third-order valence-corrected chi connectivity index (χ3v) is 5.67. The van der Waals surface area contributed by atoms with Gasteiger partial charge in [-0.1, -0.05) is 35.9 Å². The zero-order chi connectivity index (χ0) is 24.4. The summed E-state index contributed by atoms with van der Waals surface area (Å²) < 4.78 is 35.5. The Kier molecular flexibility index (Phi) is 6.61. The molecule has 34 heavy (non-hydrogen) atoms. The standard InChI is InChI=1S/C26H26F2N4O2/c1-15-7-9-18(10-8-15)22(12-29)31-26(33)24-17(3)30-25-23(11-16(2)13-32(24)25)34-14-19-20(27)5-4-6-21(19)28/h4-11,13,22H,12,14,29H2,1-3H3,(H,31,33). The number of amides is 1. The van der Waals surface area contributed by atoms with Crippen LogP contribution in [0.5, 0.6) is 5.75 Å². The average molecular weight is 465 g/mol. The summed E-state index contributed by atoms with van der Waals surface area (Å²) in [4.78, 5) is 17.8. The van der Waals surface area contributed by atoms with Crippen LogP contribution in [0, 0.1) is 32.4 Å². The van der Waals surface area contributed by atoms with E-state index in [0.29, 0.717) is 22.8 Å². The number of imidazole rings is 1. The number of fused-ring (bicyclic) bond motifs is 1. The lowest BCUT2D eigenvalue weighted by atomic mass is 10.0. The third kappa shape index (κ3) is 4.63. The van der Waals surface area contributed by atoms with E-state index in [2.05, 4.69) is 10.3 Å². The molecule has 6 nitrogen and oxygen atoms in total. The highest BCUT2D eigenvalue weighted by Crippen LogP contribution is 2.26. The molecule has 0 aliphatic carbocycles. The molecule has 0 fully saturated rings. The van der Waals surface area contributed by atoms with Crippen molar-refractivity contribution in [2.75, 3.05) is 6.54 Å². The lowest BCUT2D eigenvalue weighted by molar-refractivity contribution is 0.0931. The average Bonchev–Trinajstić information content (AvgIpc) is 3.13. The largest absolute Gasteiger partial charge is 0.485 e. The van der Waals surface area contributed by atoms with Crippen molar-refractivity contribution in [2.24, 2.45) is 5.73 Å². The van der Waals surface area contributed by atoms with Gasteiger partial charge in [0.15, 0.2) is 11.4 Å². The molecule has 0 aliphatic rings. The molecule has 0 spiro atoms. The number of halogens is 2. The summed E-state index contributed by atoms with van der Waals surface area (Å²) in [5, 5.41) is 2.98. The van der Waals surface area contributed by atoms with Crippen LogP contribution < -0.4 is 15.8 Å². The topological polar surface area (TPSA) is 81.6 Å². The molecule has 1 amide bonds. The Labute approximate surface area is 196 Å². The van der Waals surface area contributed by atoms with Crippen LogP contribution >= 0.6 is 0 Å². The highest BCUT2D eigenvalue weighted by Gasteiger charge is 2.22. The third-order valence-electron chi connectivity index (χ3n) is 5.67. The van der Waals surface area contributed by atoms with Crippen molar-refractivity contribution in [3.8, 4) is 5.75 Å². The molecule has 1 atom stereocenters. The van der Waals surface area contributed by atoms with E-state index in [1.807, 2.05) is 38.1 Å². The summed E-state index contributed by atoms with van der Waals surface area (Å²) in [6, 6.07) is 12.8. The van der Waals surface area contributed by atoms with Crippen LogP contribution in [0.2, 0.25) is 0 Å². The fourth-order valence-corrected chi connectivity index (χ4v) is 3.86. The Morgan fingerprint density at radius 1 is 1.09 bits per heavy atom. The number of pyridine rings is 1. The van der Waals surface area contributed by atoms with Gasteiger partial charge in [-0.2, -0.15) is 0 Å². The van der Waals surface area contributed by atoms with Gasteiger partial charge in [-0.3, -0.25) is 9.20 Å². The van der Waals surface area contributed by atoms with Gasteiger partial charge in [0.2, 0.25) is 0 Å². The summed E-state index contributed by atoms with van der Waals surface area (Å²) in [6.07, 6.45) is 1.77. The SMILES string of the molecule is Cc1ccc(C(CN)NC(=O)c2c(C)nc3c(OCc4c(F)cccc4F)cc(C)cn23)cc1. The predicted molar refractivity (Wildman–Crippen MR) is 126 cm³/mol. The molecule has 0 bridgehead atoms. The van der Waals surface area contributed by atoms with Gasteiger partial charge in [-0.05, 0) is 50.1 Å². The molecular formula is C26H26F2N4O2. The number of carbonyl (C=O) groups is 1. The summed E-state index contributed by atoms with van der Waals surface area (Å²) in [6.45, 7) is 5.47. The number of aryl methyl sites for hydroxylation is 3. The molecule has 176 valence electrons. The molecule has 1 unspecified atom stereocenters. The number of nitrogens with one attached hydrogen (secondary N) is 1. The number of carbonyl (C=O) groups excluding carboxylic acids is 1. The Bertz CT molecular complexity index is 1330. The van der Waals surface area contributed by atoms with Crippen LogP contribution in [0.4, 0.5) is 8.78 Å². The van der Waals surface area contributed by atoms with Crippen LogP contribution in [0.1, 0.15) is 44.5 Å². The fraction of sp³-hybridized carbons (Fsp3) is 0.231. The van der Waals surface area contributed by atoms with Crippen LogP contribution in [0.15, 0.2) is 54.7 Å². The number of aromatic nitrogens is 2. The number of benzene rings is 2. The van der Waals surface area contributed by atoms with Crippen LogP contribution in [-0.2, 0) is 6.61 Å². The van der Waals surface area contributed by atoms with E-state index in [0.717, 1.165) is 16.7 Å². The van der Waals surface area contributed by atoms with E-state index in [-0.39, 0.29) is 30.7 Å². The molecule has 0 saturated heterocycles. The van der Waals surface area contributed by atoms with Crippen molar-refractivity contribution >= 4 is 11.6 Å². The molecule has 3 N–H and O–H groups in total. The van der Waals surface area contributed by atoms with Crippen molar-refractivity contribution in [3.63, 3.8) is 0 Å². The number of nitrogens with two attached hydrogens (primary N) is 1. The Morgan fingerprint density at radius 3 is 2.41 bits per heavy atom. The summed E-state index contributed by atoms with van der Waals surface area (Å²) in [7, 11) is 0. The van der Waals surface area contributed by atoms with E-state index in [1.165, 1.54) is 18.2 Å². The molecule has 0 radical (unpaired) electrons. The minimum absolute atomic E-state index is 0.174. The zero-order valence-electron chi connectivity index (χ0n) is 19.2. The summed E-state index contributed by atoms with van der Waals surface area (Å²) >= 11 is 0. The van der Waals surface area contributed by atoms with E-state index in [9.17, 15) is 13.6 Å². The first-order chi connectivity index (χ1) is 16.3. The second-order valence-electron chi connectivity index (χ2n) is 8.28. The summed E-state index contributed by atoms with van der Waals surface area (Å²) in [5.41, 5.74) is 9.78. The molecule has 2 aromatic carbocycles. The fourth-order valence-electron chi connectivity index (χ4n) is 3.86. The lowest BCUT2D eigenvalue weighted by Gasteiger charge is -2.18. The van der Waals surface area contributed by atoms with Crippen LogP contribution in [0.25, 0.3) is 5.65 Å². The minimum atomic E-state index is -0.688. The van der Waals surface area contributed by atoms with Crippen molar-refractivity contribution in [3.05, 3.63) is 100 Å².